The first-order chi connectivity index (χ1) is 14.6. The van der Waals surface area contributed by atoms with Gasteiger partial charge in [0.25, 0.3) is 5.91 Å². The first-order valence-electron chi connectivity index (χ1n) is 9.69. The third kappa shape index (κ3) is 4.49. The van der Waals surface area contributed by atoms with E-state index in [0.29, 0.717) is 29.6 Å². The lowest BCUT2D eigenvalue weighted by Crippen LogP contribution is -2.46. The van der Waals surface area contributed by atoms with Crippen molar-refractivity contribution in [3.63, 3.8) is 0 Å². The van der Waals surface area contributed by atoms with E-state index >= 15 is 0 Å². The summed E-state index contributed by atoms with van der Waals surface area (Å²) in [5.41, 5.74) is 7.95. The molecule has 1 aromatic heterocycles. The maximum atomic E-state index is 12.6. The number of amides is 2. The molecule has 0 saturated carbocycles. The predicted octanol–water partition coefficient (Wildman–Crippen LogP) is 2.52. The van der Waals surface area contributed by atoms with Crippen LogP contribution in [0.3, 0.4) is 0 Å². The lowest BCUT2D eigenvalue weighted by atomic mass is 10.1. The van der Waals surface area contributed by atoms with E-state index in [4.69, 9.17) is 14.9 Å². The highest BCUT2D eigenvalue weighted by atomic mass is 16.5. The van der Waals surface area contributed by atoms with Gasteiger partial charge in [0.15, 0.2) is 5.76 Å². The second kappa shape index (κ2) is 8.79. The van der Waals surface area contributed by atoms with Gasteiger partial charge in [0.1, 0.15) is 18.0 Å². The van der Waals surface area contributed by atoms with E-state index < -0.39 is 6.09 Å². The van der Waals surface area contributed by atoms with Gasteiger partial charge in [-0.05, 0) is 29.8 Å². The molecule has 2 amide bonds. The molecule has 1 fully saturated rings. The quantitative estimate of drug-likeness (QED) is 0.509. The fourth-order valence-electron chi connectivity index (χ4n) is 3.25. The van der Waals surface area contributed by atoms with E-state index in [1.54, 1.807) is 29.2 Å². The van der Waals surface area contributed by atoms with Crippen molar-refractivity contribution in [3.05, 3.63) is 71.5 Å². The first kappa shape index (κ1) is 19.7. The Hall–Kier alpha value is -3.65. The van der Waals surface area contributed by atoms with Crippen LogP contribution in [-0.2, 0) is 11.3 Å². The Balaban J connectivity index is 1.46. The number of hydrogen-bond acceptors (Lipinski definition) is 5. The van der Waals surface area contributed by atoms with Crippen molar-refractivity contribution in [1.82, 2.24) is 10.2 Å². The molecule has 3 aromatic rings. The van der Waals surface area contributed by atoms with Crippen LogP contribution in [0.1, 0.15) is 21.7 Å². The molecule has 0 unspecified atom stereocenters. The first-order valence-corrected chi connectivity index (χ1v) is 9.69. The summed E-state index contributed by atoms with van der Waals surface area (Å²) in [5.74, 6) is 0.174. The highest BCUT2D eigenvalue weighted by Crippen LogP contribution is 2.22. The number of nitrogens with one attached hydrogen (secondary N) is 1. The zero-order chi connectivity index (χ0) is 20.9. The van der Waals surface area contributed by atoms with E-state index in [1.165, 1.54) is 0 Å². The number of furan rings is 1. The van der Waals surface area contributed by atoms with Crippen molar-refractivity contribution < 1.29 is 18.7 Å². The molecule has 2 heterocycles. The van der Waals surface area contributed by atoms with Gasteiger partial charge in [-0.1, -0.05) is 30.3 Å². The van der Waals surface area contributed by atoms with Crippen LogP contribution in [0.25, 0.3) is 11.0 Å². The highest BCUT2D eigenvalue weighted by molar-refractivity contribution is 6.05. The van der Waals surface area contributed by atoms with Crippen LogP contribution in [0.2, 0.25) is 0 Å². The summed E-state index contributed by atoms with van der Waals surface area (Å²) >= 11 is 0. The average Bonchev–Trinajstić information content (AvgIpc) is 3.22. The van der Waals surface area contributed by atoms with E-state index in [9.17, 15) is 9.59 Å². The summed E-state index contributed by atoms with van der Waals surface area (Å²) < 4.78 is 10.8. The maximum Gasteiger partial charge on any atom is 0.435 e. The van der Waals surface area contributed by atoms with Crippen molar-refractivity contribution in [3.8, 4) is 0 Å². The van der Waals surface area contributed by atoms with Gasteiger partial charge in [-0.3, -0.25) is 4.79 Å². The summed E-state index contributed by atoms with van der Waals surface area (Å²) in [6.07, 6.45) is -0.766. The summed E-state index contributed by atoms with van der Waals surface area (Å²) in [7, 11) is 0. The maximum absolute atomic E-state index is 12.6. The molecule has 0 bridgehead atoms. The van der Waals surface area contributed by atoms with Crippen LogP contribution in [0, 0.1) is 0 Å². The van der Waals surface area contributed by atoms with Crippen molar-refractivity contribution in [2.45, 2.75) is 6.61 Å². The summed E-state index contributed by atoms with van der Waals surface area (Å²) in [6, 6.07) is 16.1. The number of benzene rings is 2. The molecular weight excluding hydrogens is 384 g/mol. The average molecular weight is 406 g/mol. The van der Waals surface area contributed by atoms with Gasteiger partial charge in [-0.15, -0.1) is 0 Å². The molecule has 8 heteroatoms. The summed E-state index contributed by atoms with van der Waals surface area (Å²) in [5, 5.41) is 3.92. The largest absolute Gasteiger partial charge is 0.451 e. The molecule has 3 N–H and O–H groups in total. The number of piperazine rings is 1. The lowest BCUT2D eigenvalue weighted by molar-refractivity contribution is 0.0706. The van der Waals surface area contributed by atoms with E-state index in [0.717, 1.165) is 18.7 Å². The third-order valence-corrected chi connectivity index (χ3v) is 4.84. The number of amidine groups is 1. The zero-order valence-electron chi connectivity index (χ0n) is 16.3. The van der Waals surface area contributed by atoms with E-state index in [2.05, 4.69) is 10.3 Å². The van der Waals surface area contributed by atoms with Crippen LogP contribution in [0.5, 0.6) is 0 Å². The zero-order valence-corrected chi connectivity index (χ0v) is 16.3. The van der Waals surface area contributed by atoms with Gasteiger partial charge in [0, 0.05) is 37.1 Å². The Kier molecular flexibility index (Phi) is 5.76. The standard InChI is InChI=1S/C22H22N4O4/c23-20(25-22(28)29-14-15-4-2-1-3-5-15)16-6-7-18-17(12-16)13-19(30-18)21(27)26-10-8-24-9-11-26/h1-7,12-13,24H,8-11,14H2,(H2,23,25,28). The molecule has 154 valence electrons. The monoisotopic (exact) mass is 406 g/mol. The van der Waals surface area contributed by atoms with Gasteiger partial charge in [0.05, 0.1) is 0 Å². The Bertz CT molecular complexity index is 1080. The molecule has 1 aliphatic heterocycles. The number of nitrogens with zero attached hydrogens (tertiary/aromatic N) is 2. The van der Waals surface area contributed by atoms with E-state index in [-0.39, 0.29) is 24.1 Å². The minimum absolute atomic E-state index is 0.0335. The van der Waals surface area contributed by atoms with Gasteiger partial charge in [0.2, 0.25) is 0 Å². The van der Waals surface area contributed by atoms with Crippen LogP contribution in [0.15, 0.2) is 64.0 Å². The number of carbonyl (C=O) groups excluding carboxylic acids is 2. The third-order valence-electron chi connectivity index (χ3n) is 4.84. The van der Waals surface area contributed by atoms with Crippen LogP contribution >= 0.6 is 0 Å². The fraction of sp³-hybridized carbons (Fsp3) is 0.227. The number of carbonyl (C=O) groups is 2. The number of hydrogen-bond donors (Lipinski definition) is 2. The van der Waals surface area contributed by atoms with Crippen molar-refractivity contribution >= 4 is 28.8 Å². The van der Waals surface area contributed by atoms with Gasteiger partial charge in [-0.2, -0.15) is 4.99 Å². The molecule has 1 saturated heterocycles. The molecule has 30 heavy (non-hydrogen) atoms. The van der Waals surface area contributed by atoms with Gasteiger partial charge < -0.3 is 25.1 Å². The Morgan fingerprint density at radius 1 is 1.10 bits per heavy atom. The SMILES string of the molecule is NC(=NC(=O)OCc1ccccc1)c1ccc2oc(C(=O)N3CCNCC3)cc2c1. The van der Waals surface area contributed by atoms with Crippen molar-refractivity contribution in [1.29, 1.82) is 0 Å². The Morgan fingerprint density at radius 3 is 2.63 bits per heavy atom. The van der Waals surface area contributed by atoms with Crippen LogP contribution in [-0.4, -0.2) is 48.9 Å². The molecular formula is C22H22N4O4. The number of fused-ring (bicyclic) bond motifs is 1. The fourth-order valence-corrected chi connectivity index (χ4v) is 3.25. The number of rotatable bonds is 4. The van der Waals surface area contributed by atoms with Crippen LogP contribution in [0.4, 0.5) is 4.79 Å². The topological polar surface area (TPSA) is 110 Å². The highest BCUT2D eigenvalue weighted by Gasteiger charge is 2.21. The number of ether oxygens (including phenoxy) is 1. The normalized spacial score (nSPS) is 14.7. The molecule has 0 radical (unpaired) electrons. The molecule has 1 aliphatic rings. The number of aliphatic imine (C=N–C) groups is 1. The summed E-state index contributed by atoms with van der Waals surface area (Å²) in [6.45, 7) is 2.94. The Morgan fingerprint density at radius 2 is 1.87 bits per heavy atom. The van der Waals surface area contributed by atoms with Crippen molar-refractivity contribution in [2.75, 3.05) is 26.2 Å². The molecule has 4 rings (SSSR count). The predicted molar refractivity (Wildman–Crippen MR) is 112 cm³/mol. The number of nitrogens with two attached hydrogens (primary N) is 1. The minimum Gasteiger partial charge on any atom is -0.451 e. The minimum atomic E-state index is -0.766. The molecule has 0 atom stereocenters. The molecule has 8 nitrogen and oxygen atoms in total. The molecule has 0 aliphatic carbocycles. The molecule has 0 spiro atoms. The second-order valence-electron chi connectivity index (χ2n) is 6.94. The molecule has 2 aromatic carbocycles. The van der Waals surface area contributed by atoms with Gasteiger partial charge in [-0.25, -0.2) is 4.79 Å². The van der Waals surface area contributed by atoms with Crippen LogP contribution < -0.4 is 11.1 Å². The summed E-state index contributed by atoms with van der Waals surface area (Å²) in [4.78, 5) is 30.1. The lowest BCUT2D eigenvalue weighted by Gasteiger charge is -2.26. The van der Waals surface area contributed by atoms with Crippen molar-refractivity contribution in [2.24, 2.45) is 10.7 Å². The smallest absolute Gasteiger partial charge is 0.435 e. The van der Waals surface area contributed by atoms with Gasteiger partial charge >= 0.3 is 6.09 Å². The second-order valence-corrected chi connectivity index (χ2v) is 6.94. The Labute approximate surface area is 173 Å². The van der Waals surface area contributed by atoms with E-state index in [1.807, 2.05) is 30.3 Å².